The van der Waals surface area contributed by atoms with E-state index in [1.807, 2.05) is 0 Å². The Morgan fingerprint density at radius 2 is 2.42 bits per heavy atom. The van der Waals surface area contributed by atoms with Gasteiger partial charge in [0.05, 0.1) is 6.61 Å². The summed E-state index contributed by atoms with van der Waals surface area (Å²) in [5.74, 6) is -0.786. The fourth-order valence-electron chi connectivity index (χ4n) is 0.829. The molecule has 1 aromatic heterocycles. The summed E-state index contributed by atoms with van der Waals surface area (Å²) < 4.78 is 9.59. The van der Waals surface area contributed by atoms with Crippen LogP contribution in [0.5, 0.6) is 5.88 Å². The molecule has 0 aromatic carbocycles. The molecule has 0 aliphatic rings. The van der Waals surface area contributed by atoms with Crippen molar-refractivity contribution in [3.05, 3.63) is 11.3 Å². The number of carboxylic acids is 1. The second-order valence-corrected chi connectivity index (χ2v) is 2.16. The lowest BCUT2D eigenvalue weighted by Gasteiger charge is -1.96. The Morgan fingerprint density at radius 3 is 2.92 bits per heavy atom. The molecule has 5 nitrogen and oxygen atoms in total. The van der Waals surface area contributed by atoms with Gasteiger partial charge in [-0.2, -0.15) is 0 Å². The highest BCUT2D eigenvalue weighted by Crippen LogP contribution is 2.20. The molecule has 0 unspecified atom stereocenters. The van der Waals surface area contributed by atoms with Gasteiger partial charge in [0.15, 0.2) is 11.3 Å². The van der Waals surface area contributed by atoms with Crippen LogP contribution in [0.25, 0.3) is 0 Å². The Bertz CT molecular complexity index is 292. The smallest absolute Gasteiger partial charge is 0.344 e. The van der Waals surface area contributed by atoms with Crippen molar-refractivity contribution < 1.29 is 19.2 Å². The van der Waals surface area contributed by atoms with Crippen molar-refractivity contribution in [2.45, 2.75) is 13.8 Å². The fraction of sp³-hybridized carbons (Fsp3) is 0.429. The molecule has 5 heteroatoms. The third kappa shape index (κ3) is 1.39. The number of aromatic carboxylic acids is 1. The predicted octanol–water partition coefficient (Wildman–Crippen LogP) is 1.08. The number of aryl methyl sites for hydroxylation is 1. The molecule has 0 aliphatic heterocycles. The molecule has 0 bridgehead atoms. The molecular formula is C7H9NO4. The van der Waals surface area contributed by atoms with Gasteiger partial charge in [-0.1, -0.05) is 0 Å². The van der Waals surface area contributed by atoms with E-state index in [1.165, 1.54) is 6.92 Å². The summed E-state index contributed by atoms with van der Waals surface area (Å²) in [6, 6.07) is 0. The quantitative estimate of drug-likeness (QED) is 0.736. The minimum absolute atomic E-state index is 0.00292. The molecular weight excluding hydrogens is 162 g/mol. The molecule has 66 valence electrons. The first kappa shape index (κ1) is 8.58. The molecule has 12 heavy (non-hydrogen) atoms. The van der Waals surface area contributed by atoms with E-state index in [4.69, 9.17) is 9.84 Å². The summed E-state index contributed by atoms with van der Waals surface area (Å²) in [5.41, 5.74) is -0.00292. The van der Waals surface area contributed by atoms with Crippen LogP contribution in [0.3, 0.4) is 0 Å². The molecule has 0 saturated heterocycles. The Kier molecular flexibility index (Phi) is 2.32. The highest BCUT2D eigenvalue weighted by Gasteiger charge is 2.20. The molecule has 0 saturated carbocycles. The van der Waals surface area contributed by atoms with E-state index < -0.39 is 5.97 Å². The molecule has 0 spiro atoms. The number of nitrogens with zero attached hydrogens (tertiary/aromatic N) is 1. The van der Waals surface area contributed by atoms with Crippen LogP contribution in [0.2, 0.25) is 0 Å². The van der Waals surface area contributed by atoms with Crippen molar-refractivity contribution >= 4 is 5.97 Å². The summed E-state index contributed by atoms with van der Waals surface area (Å²) in [4.78, 5) is 10.6. The average molecular weight is 171 g/mol. The summed E-state index contributed by atoms with van der Waals surface area (Å²) in [5, 5.41) is 12.1. The van der Waals surface area contributed by atoms with Gasteiger partial charge in [-0.15, -0.1) is 0 Å². The van der Waals surface area contributed by atoms with Crippen LogP contribution in [0.15, 0.2) is 4.52 Å². The van der Waals surface area contributed by atoms with Gasteiger partial charge in [-0.25, -0.2) is 4.79 Å². The Morgan fingerprint density at radius 1 is 1.75 bits per heavy atom. The molecule has 0 atom stereocenters. The Hall–Kier alpha value is -1.52. The Balaban J connectivity index is 3.04. The van der Waals surface area contributed by atoms with Crippen LogP contribution >= 0.6 is 0 Å². The minimum Gasteiger partial charge on any atom is -0.477 e. The highest BCUT2D eigenvalue weighted by atomic mass is 16.5. The summed E-state index contributed by atoms with van der Waals surface area (Å²) in [7, 11) is 0. The number of hydrogen-bond acceptors (Lipinski definition) is 4. The standard InChI is InChI=1S/C7H9NO4/c1-3-11-6-5(7(9)10)4(2)12-8-6/h3H2,1-2H3,(H,9,10). The molecule has 1 N–H and O–H groups in total. The van der Waals surface area contributed by atoms with Crippen LogP contribution in [0.1, 0.15) is 23.0 Å². The lowest BCUT2D eigenvalue weighted by atomic mass is 10.3. The highest BCUT2D eigenvalue weighted by molar-refractivity contribution is 5.91. The van der Waals surface area contributed by atoms with Gasteiger partial charge in [0.1, 0.15) is 0 Å². The summed E-state index contributed by atoms with van der Waals surface area (Å²) >= 11 is 0. The Labute approximate surface area is 68.9 Å². The van der Waals surface area contributed by atoms with Gasteiger partial charge in [0.2, 0.25) is 0 Å². The van der Waals surface area contributed by atoms with E-state index in [9.17, 15) is 4.79 Å². The van der Waals surface area contributed by atoms with Crippen molar-refractivity contribution in [2.75, 3.05) is 6.61 Å². The number of rotatable bonds is 3. The van der Waals surface area contributed by atoms with Gasteiger partial charge >= 0.3 is 5.97 Å². The number of carbonyl (C=O) groups is 1. The first-order chi connectivity index (χ1) is 5.66. The lowest BCUT2D eigenvalue weighted by Crippen LogP contribution is -2.02. The maximum absolute atomic E-state index is 10.6. The maximum atomic E-state index is 10.6. The molecule has 0 radical (unpaired) electrons. The summed E-state index contributed by atoms with van der Waals surface area (Å²) in [6.45, 7) is 3.64. The minimum atomic E-state index is -1.09. The van der Waals surface area contributed by atoms with Crippen LogP contribution in [0, 0.1) is 6.92 Å². The van der Waals surface area contributed by atoms with Gasteiger partial charge in [-0.3, -0.25) is 0 Å². The SMILES string of the molecule is CCOc1noc(C)c1C(=O)O. The molecule has 1 rings (SSSR count). The molecule has 0 fully saturated rings. The molecule has 1 heterocycles. The molecule has 0 amide bonds. The van der Waals surface area contributed by atoms with E-state index >= 15 is 0 Å². The van der Waals surface area contributed by atoms with Gasteiger partial charge in [0.25, 0.3) is 5.88 Å². The normalized spacial score (nSPS) is 9.83. The van der Waals surface area contributed by atoms with Crippen molar-refractivity contribution in [3.8, 4) is 5.88 Å². The molecule has 0 aliphatic carbocycles. The van der Waals surface area contributed by atoms with Crippen LogP contribution in [0.4, 0.5) is 0 Å². The van der Waals surface area contributed by atoms with Crippen LogP contribution in [-0.4, -0.2) is 22.8 Å². The van der Waals surface area contributed by atoms with Gasteiger partial charge < -0.3 is 14.4 Å². The third-order valence-corrected chi connectivity index (χ3v) is 1.33. The van der Waals surface area contributed by atoms with E-state index in [1.54, 1.807) is 6.92 Å². The zero-order valence-corrected chi connectivity index (χ0v) is 6.83. The third-order valence-electron chi connectivity index (χ3n) is 1.33. The first-order valence-electron chi connectivity index (χ1n) is 3.49. The maximum Gasteiger partial charge on any atom is 0.344 e. The average Bonchev–Trinajstić information content (AvgIpc) is 2.32. The zero-order valence-electron chi connectivity index (χ0n) is 6.83. The number of carboxylic acid groups (broad SMARTS) is 1. The second-order valence-electron chi connectivity index (χ2n) is 2.16. The number of hydrogen-bond donors (Lipinski definition) is 1. The van der Waals surface area contributed by atoms with E-state index in [0.29, 0.717) is 6.61 Å². The van der Waals surface area contributed by atoms with Crippen molar-refractivity contribution in [2.24, 2.45) is 0 Å². The van der Waals surface area contributed by atoms with Crippen LogP contribution < -0.4 is 4.74 Å². The van der Waals surface area contributed by atoms with Gasteiger partial charge in [-0.05, 0) is 19.0 Å². The van der Waals surface area contributed by atoms with Gasteiger partial charge in [0, 0.05) is 0 Å². The number of aromatic nitrogens is 1. The largest absolute Gasteiger partial charge is 0.477 e. The zero-order chi connectivity index (χ0) is 9.14. The molecule has 1 aromatic rings. The summed E-state index contributed by atoms with van der Waals surface area (Å²) in [6.07, 6.45) is 0. The number of ether oxygens (including phenoxy) is 1. The second kappa shape index (κ2) is 3.25. The monoisotopic (exact) mass is 171 g/mol. The van der Waals surface area contributed by atoms with E-state index in [0.717, 1.165) is 0 Å². The lowest BCUT2D eigenvalue weighted by molar-refractivity contribution is 0.0691. The predicted molar refractivity (Wildman–Crippen MR) is 39.4 cm³/mol. The van der Waals surface area contributed by atoms with Crippen LogP contribution in [-0.2, 0) is 0 Å². The van der Waals surface area contributed by atoms with Crippen molar-refractivity contribution in [3.63, 3.8) is 0 Å². The first-order valence-corrected chi connectivity index (χ1v) is 3.49. The fourth-order valence-corrected chi connectivity index (χ4v) is 0.829. The topological polar surface area (TPSA) is 72.6 Å². The van der Waals surface area contributed by atoms with Crippen molar-refractivity contribution in [1.29, 1.82) is 0 Å². The van der Waals surface area contributed by atoms with Crippen molar-refractivity contribution in [1.82, 2.24) is 5.16 Å². The van der Waals surface area contributed by atoms with E-state index in [2.05, 4.69) is 9.68 Å². The van der Waals surface area contributed by atoms with E-state index in [-0.39, 0.29) is 17.2 Å².